The highest BCUT2D eigenvalue weighted by Crippen LogP contribution is 2.48. The third-order valence-electron chi connectivity index (χ3n) is 4.12. The quantitative estimate of drug-likeness (QED) is 0.719. The van der Waals surface area contributed by atoms with E-state index in [0.29, 0.717) is 5.92 Å². The second-order valence-corrected chi connectivity index (χ2v) is 5.70. The van der Waals surface area contributed by atoms with Gasteiger partial charge in [-0.05, 0) is 47.6 Å². The Morgan fingerprint density at radius 2 is 1.82 bits per heavy atom. The average Bonchev–Trinajstić information content (AvgIpc) is 3.29. The molecule has 2 atom stereocenters. The second kappa shape index (κ2) is 6.30. The van der Waals surface area contributed by atoms with Crippen LogP contribution in [0.5, 0.6) is 0 Å². The molecule has 1 nitrogen and oxygen atoms in total. The summed E-state index contributed by atoms with van der Waals surface area (Å²) >= 11 is 0. The molecular weight excluding hydrogens is 282 g/mol. The van der Waals surface area contributed by atoms with E-state index < -0.39 is 11.6 Å². The monoisotopic (exact) mass is 300 g/mol. The van der Waals surface area contributed by atoms with Crippen LogP contribution in [0.1, 0.15) is 29.0 Å². The van der Waals surface area contributed by atoms with Crippen molar-refractivity contribution >= 4 is 0 Å². The minimum absolute atomic E-state index is 0.139. The molecule has 0 aromatic heterocycles. The zero-order valence-electron chi connectivity index (χ0n) is 12.4. The van der Waals surface area contributed by atoms with Crippen LogP contribution in [0.3, 0.4) is 0 Å². The van der Waals surface area contributed by atoms with Crippen LogP contribution in [0, 0.1) is 17.6 Å². The lowest BCUT2D eigenvalue weighted by Gasteiger charge is -2.08. The Bertz CT molecular complexity index is 656. The molecule has 1 aliphatic carbocycles. The highest BCUT2D eigenvalue weighted by atomic mass is 19.1. The Morgan fingerprint density at radius 3 is 2.45 bits per heavy atom. The van der Waals surface area contributed by atoms with Gasteiger partial charge in [0.25, 0.3) is 0 Å². The van der Waals surface area contributed by atoms with E-state index in [9.17, 15) is 8.78 Å². The molecule has 3 heteroatoms. The van der Waals surface area contributed by atoms with Crippen LogP contribution < -0.4 is 0 Å². The van der Waals surface area contributed by atoms with Crippen molar-refractivity contribution < 1.29 is 13.5 Å². The van der Waals surface area contributed by atoms with Gasteiger partial charge in [0.1, 0.15) is 11.6 Å². The summed E-state index contributed by atoms with van der Waals surface area (Å²) in [5.41, 5.74) is 1.78. The summed E-state index contributed by atoms with van der Waals surface area (Å²) in [6.45, 7) is 0. The van der Waals surface area contributed by atoms with Crippen molar-refractivity contribution in [3.8, 4) is 0 Å². The predicted molar refractivity (Wildman–Crippen MR) is 82.6 cm³/mol. The molecule has 114 valence electrons. The summed E-state index contributed by atoms with van der Waals surface area (Å²) in [4.78, 5) is 0. The van der Waals surface area contributed by atoms with Gasteiger partial charge in [0, 0.05) is 12.0 Å². The fourth-order valence-electron chi connectivity index (χ4n) is 2.80. The maximum absolute atomic E-state index is 14.3. The molecule has 1 aliphatic rings. The number of rotatable bonds is 5. The number of benzene rings is 2. The van der Waals surface area contributed by atoms with Crippen LogP contribution in [-0.4, -0.2) is 7.11 Å². The first-order chi connectivity index (χ1) is 10.7. The van der Waals surface area contributed by atoms with Crippen molar-refractivity contribution in [1.82, 2.24) is 0 Å². The Balaban J connectivity index is 1.79. The lowest BCUT2D eigenvalue weighted by Crippen LogP contribution is -1.99. The van der Waals surface area contributed by atoms with Crippen molar-refractivity contribution in [3.05, 3.63) is 83.1 Å². The summed E-state index contributed by atoms with van der Waals surface area (Å²) < 4.78 is 33.4. The Hall–Kier alpha value is -2.16. The van der Waals surface area contributed by atoms with Crippen LogP contribution in [0.25, 0.3) is 0 Å². The van der Waals surface area contributed by atoms with Gasteiger partial charge in [-0.3, -0.25) is 0 Å². The zero-order chi connectivity index (χ0) is 15.5. The Morgan fingerprint density at radius 1 is 1.14 bits per heavy atom. The number of methoxy groups -OCH3 is 1. The summed E-state index contributed by atoms with van der Waals surface area (Å²) in [6.07, 6.45) is 4.76. The molecule has 0 N–H and O–H groups in total. The van der Waals surface area contributed by atoms with E-state index in [4.69, 9.17) is 4.74 Å². The molecule has 0 saturated heterocycles. The first-order valence-corrected chi connectivity index (χ1v) is 7.40. The number of hydrogen-bond donors (Lipinski definition) is 0. The van der Waals surface area contributed by atoms with Crippen LogP contribution in [0.15, 0.2) is 54.8 Å². The average molecular weight is 300 g/mol. The maximum atomic E-state index is 14.3. The molecule has 0 bridgehead atoms. The topological polar surface area (TPSA) is 9.23 Å². The number of hydrogen-bond acceptors (Lipinski definition) is 1. The fourth-order valence-corrected chi connectivity index (χ4v) is 2.80. The minimum atomic E-state index is -0.458. The second-order valence-electron chi connectivity index (χ2n) is 5.70. The van der Waals surface area contributed by atoms with Crippen LogP contribution in [0.2, 0.25) is 0 Å². The number of allylic oxidation sites excluding steroid dienone is 1. The van der Waals surface area contributed by atoms with Crippen molar-refractivity contribution in [3.63, 3.8) is 0 Å². The van der Waals surface area contributed by atoms with E-state index >= 15 is 0 Å². The molecule has 1 fully saturated rings. The van der Waals surface area contributed by atoms with Crippen LogP contribution in [0.4, 0.5) is 8.78 Å². The van der Waals surface area contributed by atoms with Crippen LogP contribution >= 0.6 is 0 Å². The smallest absolute Gasteiger partial charge is 0.129 e. The van der Waals surface area contributed by atoms with E-state index in [1.807, 2.05) is 36.4 Å². The molecule has 1 saturated carbocycles. The molecular formula is C19H18F2O. The molecule has 0 aliphatic heterocycles. The number of ether oxygens (including phenoxy) is 1. The third kappa shape index (κ3) is 3.19. The van der Waals surface area contributed by atoms with Gasteiger partial charge in [-0.2, -0.15) is 0 Å². The fraction of sp³-hybridized carbons (Fsp3) is 0.263. The van der Waals surface area contributed by atoms with Gasteiger partial charge in [-0.15, -0.1) is 0 Å². The van der Waals surface area contributed by atoms with Crippen molar-refractivity contribution in [2.75, 3.05) is 7.11 Å². The van der Waals surface area contributed by atoms with Crippen molar-refractivity contribution in [1.29, 1.82) is 0 Å². The Labute approximate surface area is 129 Å². The summed E-state index contributed by atoms with van der Waals surface area (Å²) in [5.74, 6) is -0.402. The van der Waals surface area contributed by atoms with E-state index in [1.165, 1.54) is 12.1 Å². The van der Waals surface area contributed by atoms with Gasteiger partial charge in [-0.1, -0.05) is 30.3 Å². The molecule has 2 unspecified atom stereocenters. The zero-order valence-corrected chi connectivity index (χ0v) is 12.4. The first kappa shape index (κ1) is 14.8. The van der Waals surface area contributed by atoms with Gasteiger partial charge >= 0.3 is 0 Å². The highest BCUT2D eigenvalue weighted by molar-refractivity contribution is 5.36. The largest absolute Gasteiger partial charge is 0.505 e. The minimum Gasteiger partial charge on any atom is -0.505 e. The van der Waals surface area contributed by atoms with E-state index in [-0.39, 0.29) is 17.9 Å². The van der Waals surface area contributed by atoms with Crippen molar-refractivity contribution in [2.24, 2.45) is 5.92 Å². The standard InChI is InChI=1S/C19H18F2O/c1-22-8-7-14-10-16(14)15-11-18(20)17(19(21)12-15)9-13-5-3-2-4-6-13/h2-8,11-12,14,16H,9-10H2,1H3/b8-7-. The molecule has 2 aromatic rings. The molecule has 0 radical (unpaired) electrons. The molecule has 2 aromatic carbocycles. The SMILES string of the molecule is CO/C=C\C1CC1c1cc(F)c(Cc2ccccc2)c(F)c1. The van der Waals surface area contributed by atoms with E-state index in [1.54, 1.807) is 13.4 Å². The van der Waals surface area contributed by atoms with Gasteiger partial charge in [0.2, 0.25) is 0 Å². The molecule has 22 heavy (non-hydrogen) atoms. The number of halogens is 2. The van der Waals surface area contributed by atoms with Gasteiger partial charge in [-0.25, -0.2) is 8.78 Å². The summed E-state index contributed by atoms with van der Waals surface area (Å²) in [7, 11) is 1.59. The van der Waals surface area contributed by atoms with Gasteiger partial charge in [0.05, 0.1) is 13.4 Å². The van der Waals surface area contributed by atoms with E-state index in [2.05, 4.69) is 0 Å². The molecule has 0 heterocycles. The molecule has 3 rings (SSSR count). The highest BCUT2D eigenvalue weighted by Gasteiger charge is 2.37. The normalized spacial score (nSPS) is 20.3. The summed E-state index contributed by atoms with van der Waals surface area (Å²) in [6, 6.07) is 12.3. The lowest BCUT2D eigenvalue weighted by atomic mass is 10.00. The first-order valence-electron chi connectivity index (χ1n) is 7.40. The Kier molecular flexibility index (Phi) is 4.23. The summed E-state index contributed by atoms with van der Waals surface area (Å²) in [5, 5.41) is 0. The predicted octanol–water partition coefficient (Wildman–Crippen LogP) is 4.82. The maximum Gasteiger partial charge on any atom is 0.129 e. The molecule has 0 spiro atoms. The van der Waals surface area contributed by atoms with Crippen molar-refractivity contribution in [2.45, 2.75) is 18.8 Å². The van der Waals surface area contributed by atoms with E-state index in [0.717, 1.165) is 17.5 Å². The molecule has 0 amide bonds. The lowest BCUT2D eigenvalue weighted by molar-refractivity contribution is 0.336. The third-order valence-corrected chi connectivity index (χ3v) is 4.12. The van der Waals surface area contributed by atoms with Crippen LogP contribution in [-0.2, 0) is 11.2 Å². The van der Waals surface area contributed by atoms with Gasteiger partial charge in [0.15, 0.2) is 0 Å². The van der Waals surface area contributed by atoms with Gasteiger partial charge < -0.3 is 4.74 Å².